The van der Waals surface area contributed by atoms with Gasteiger partial charge in [0, 0.05) is 30.2 Å². The number of likely N-dealkylation sites (N-methyl/N-ethyl adjacent to an activating group) is 1. The maximum atomic E-state index is 13.7. The molecule has 0 aromatic heterocycles. The van der Waals surface area contributed by atoms with Gasteiger partial charge in [0.15, 0.2) is 0 Å². The van der Waals surface area contributed by atoms with Crippen LogP contribution in [0.2, 0.25) is 5.02 Å². The zero-order valence-electron chi connectivity index (χ0n) is 24.4. The maximum absolute atomic E-state index is 13.7. The lowest BCUT2D eigenvalue weighted by atomic mass is 9.95. The minimum atomic E-state index is -0.643. The van der Waals surface area contributed by atoms with E-state index in [0.717, 1.165) is 31.4 Å². The zero-order chi connectivity index (χ0) is 28.6. The summed E-state index contributed by atoms with van der Waals surface area (Å²) in [4.78, 5) is 43.8. The van der Waals surface area contributed by atoms with Crippen LogP contribution in [0.4, 0.5) is 0 Å². The summed E-state index contributed by atoms with van der Waals surface area (Å²) in [5, 5.41) is 6.63. The first-order chi connectivity index (χ1) is 17.8. The van der Waals surface area contributed by atoms with Crippen molar-refractivity contribution in [2.75, 3.05) is 13.6 Å². The number of carbonyl (C=O) groups excluding carboxylic acids is 3. The van der Waals surface area contributed by atoms with Gasteiger partial charge in [-0.15, -0.1) is 0 Å². The molecule has 2 N–H and O–H groups in total. The highest BCUT2D eigenvalue weighted by Crippen LogP contribution is 2.21. The van der Waals surface area contributed by atoms with Gasteiger partial charge < -0.3 is 15.5 Å². The highest BCUT2D eigenvalue weighted by atomic mass is 35.5. The average Bonchev–Trinajstić information content (AvgIpc) is 2.87. The first-order valence-electron chi connectivity index (χ1n) is 13.9. The van der Waals surface area contributed by atoms with Crippen molar-refractivity contribution in [3.05, 3.63) is 46.5 Å². The number of piperidine rings is 1. The first-order valence-corrected chi connectivity index (χ1v) is 14.2. The molecule has 7 nitrogen and oxygen atoms in total. The van der Waals surface area contributed by atoms with Crippen molar-refractivity contribution in [2.45, 2.75) is 98.4 Å². The average molecular weight is 547 g/mol. The molecule has 0 radical (unpaired) electrons. The van der Waals surface area contributed by atoms with E-state index in [2.05, 4.69) is 29.4 Å². The summed E-state index contributed by atoms with van der Waals surface area (Å²) in [5.74, 6) is -0.438. The van der Waals surface area contributed by atoms with Crippen LogP contribution in [0.5, 0.6) is 0 Å². The van der Waals surface area contributed by atoms with E-state index in [1.165, 1.54) is 0 Å². The molecule has 0 aliphatic carbocycles. The zero-order valence-corrected chi connectivity index (χ0v) is 25.1. The van der Waals surface area contributed by atoms with Crippen LogP contribution in [0, 0.1) is 11.8 Å². The molecule has 0 bridgehead atoms. The van der Waals surface area contributed by atoms with E-state index in [-0.39, 0.29) is 47.7 Å². The van der Waals surface area contributed by atoms with Crippen LogP contribution in [0.15, 0.2) is 35.9 Å². The lowest BCUT2D eigenvalue weighted by Crippen LogP contribution is -2.58. The van der Waals surface area contributed by atoms with Crippen molar-refractivity contribution in [2.24, 2.45) is 11.8 Å². The Kier molecular flexibility index (Phi) is 12.3. The molecule has 1 heterocycles. The molecule has 1 aliphatic heterocycles. The fraction of sp³-hybridized carbons (Fsp3) is 0.633. The molecule has 1 aromatic rings. The van der Waals surface area contributed by atoms with Gasteiger partial charge in [0.25, 0.3) is 0 Å². The van der Waals surface area contributed by atoms with Gasteiger partial charge in [0.2, 0.25) is 17.7 Å². The number of carbonyl (C=O) groups is 3. The second kappa shape index (κ2) is 14.7. The Morgan fingerprint density at radius 3 is 2.37 bits per heavy atom. The van der Waals surface area contributed by atoms with Gasteiger partial charge >= 0.3 is 0 Å². The van der Waals surface area contributed by atoms with Crippen molar-refractivity contribution in [1.82, 2.24) is 20.4 Å². The van der Waals surface area contributed by atoms with Gasteiger partial charge in [-0.3, -0.25) is 19.3 Å². The Bertz CT molecular complexity index is 991. The molecule has 0 spiro atoms. The molecule has 1 saturated heterocycles. The lowest BCUT2D eigenvalue weighted by molar-refractivity contribution is -0.140. The minimum absolute atomic E-state index is 0.0675. The third kappa shape index (κ3) is 8.84. The van der Waals surface area contributed by atoms with Crippen LogP contribution in [-0.4, -0.2) is 65.3 Å². The van der Waals surface area contributed by atoms with Gasteiger partial charge in [-0.05, 0) is 69.7 Å². The third-order valence-corrected chi connectivity index (χ3v) is 7.57. The van der Waals surface area contributed by atoms with Gasteiger partial charge in [0.05, 0.1) is 12.1 Å². The molecule has 1 unspecified atom stereocenters. The van der Waals surface area contributed by atoms with E-state index >= 15 is 0 Å². The van der Waals surface area contributed by atoms with Crippen LogP contribution in [0.3, 0.4) is 0 Å². The van der Waals surface area contributed by atoms with Crippen LogP contribution in [0.25, 0.3) is 0 Å². The number of likely N-dealkylation sites (tertiary alicyclic amines) is 1. The van der Waals surface area contributed by atoms with E-state index in [1.54, 1.807) is 24.9 Å². The molecule has 1 fully saturated rings. The van der Waals surface area contributed by atoms with Crippen molar-refractivity contribution in [3.8, 4) is 0 Å². The van der Waals surface area contributed by atoms with Crippen LogP contribution in [0.1, 0.15) is 73.3 Å². The van der Waals surface area contributed by atoms with E-state index in [9.17, 15) is 14.4 Å². The summed E-state index contributed by atoms with van der Waals surface area (Å²) in [6, 6.07) is 6.47. The summed E-state index contributed by atoms with van der Waals surface area (Å²) in [6.07, 6.45) is 4.75. The minimum Gasteiger partial charge on any atom is -0.348 e. The highest BCUT2D eigenvalue weighted by molar-refractivity contribution is 6.30. The molecule has 2 rings (SSSR count). The number of benzene rings is 1. The molecule has 0 saturated carbocycles. The monoisotopic (exact) mass is 546 g/mol. The molecule has 8 heteroatoms. The van der Waals surface area contributed by atoms with E-state index < -0.39 is 6.04 Å². The second-order valence-electron chi connectivity index (χ2n) is 11.4. The third-order valence-electron chi connectivity index (χ3n) is 7.34. The predicted molar refractivity (Wildman–Crippen MR) is 155 cm³/mol. The van der Waals surface area contributed by atoms with E-state index in [1.807, 2.05) is 52.0 Å². The smallest absolute Gasteiger partial charge is 0.246 e. The number of halogens is 1. The van der Waals surface area contributed by atoms with Crippen molar-refractivity contribution in [3.63, 3.8) is 0 Å². The van der Waals surface area contributed by atoms with Gasteiger partial charge in [-0.1, -0.05) is 63.9 Å². The topological polar surface area (TPSA) is 81.8 Å². The normalized spacial score (nSPS) is 18.4. The predicted octanol–water partition coefficient (Wildman–Crippen LogP) is 4.79. The molecule has 212 valence electrons. The fourth-order valence-electron chi connectivity index (χ4n) is 5.03. The molecular weight excluding hydrogens is 500 g/mol. The van der Waals surface area contributed by atoms with Gasteiger partial charge in [0.1, 0.15) is 6.04 Å². The summed E-state index contributed by atoms with van der Waals surface area (Å²) >= 11 is 6.04. The van der Waals surface area contributed by atoms with Gasteiger partial charge in [-0.2, -0.15) is 0 Å². The molecular formula is C30H47ClN4O3. The molecule has 1 aromatic carbocycles. The number of hydrogen-bond donors (Lipinski definition) is 2. The first kappa shape index (κ1) is 31.8. The Morgan fingerprint density at radius 2 is 1.79 bits per heavy atom. The fourth-order valence-corrected chi connectivity index (χ4v) is 5.25. The Labute approximate surface area is 234 Å². The number of nitrogens with one attached hydrogen (secondary N) is 2. The molecule has 38 heavy (non-hydrogen) atoms. The number of amides is 3. The Balaban J connectivity index is 2.13. The molecule has 3 amide bonds. The number of rotatable bonds is 11. The lowest BCUT2D eigenvalue weighted by Gasteiger charge is -2.39. The van der Waals surface area contributed by atoms with E-state index in [4.69, 9.17) is 11.6 Å². The van der Waals surface area contributed by atoms with Gasteiger partial charge in [-0.25, -0.2) is 0 Å². The van der Waals surface area contributed by atoms with Crippen LogP contribution >= 0.6 is 11.6 Å². The number of hydrogen-bond acceptors (Lipinski definition) is 4. The van der Waals surface area contributed by atoms with E-state index in [0.29, 0.717) is 17.1 Å². The van der Waals surface area contributed by atoms with Crippen molar-refractivity contribution in [1.29, 1.82) is 0 Å². The second-order valence-corrected chi connectivity index (χ2v) is 11.9. The van der Waals surface area contributed by atoms with Crippen LogP contribution < -0.4 is 10.6 Å². The molecule has 3 atom stereocenters. The quantitative estimate of drug-likeness (QED) is 0.391. The van der Waals surface area contributed by atoms with Crippen molar-refractivity contribution >= 4 is 29.3 Å². The maximum Gasteiger partial charge on any atom is 0.246 e. The summed E-state index contributed by atoms with van der Waals surface area (Å²) in [6.45, 7) is 15.2. The summed E-state index contributed by atoms with van der Waals surface area (Å²) in [5.41, 5.74) is 1.45. The summed E-state index contributed by atoms with van der Waals surface area (Å²) in [7, 11) is 1.75. The molecule has 1 aliphatic rings. The van der Waals surface area contributed by atoms with Crippen LogP contribution in [-0.2, 0) is 20.9 Å². The Hall–Kier alpha value is -2.38. The van der Waals surface area contributed by atoms with Crippen molar-refractivity contribution < 1.29 is 14.4 Å². The Morgan fingerprint density at radius 1 is 1.11 bits per heavy atom. The largest absolute Gasteiger partial charge is 0.348 e. The summed E-state index contributed by atoms with van der Waals surface area (Å²) < 4.78 is 0. The standard InChI is InChI=1S/C30H47ClN4O3/c1-19(2)26(16-22(7)28(36)32-18-23-12-11-13-24(31)17-23)34(8)30(38)27(20(3)4)33-29(37)25-14-9-10-15-35(25)21(5)6/h11-13,16-17,19-21,25-27H,9-10,14-15,18H2,1-8H3,(H,32,36)(H,33,37)/b22-16+/t25?,26-,27+/m1/s1. The highest BCUT2D eigenvalue weighted by Gasteiger charge is 2.36. The number of nitrogens with zero attached hydrogens (tertiary/aromatic N) is 2. The SMILES string of the molecule is C/C(=C\[C@H](C(C)C)N(C)C(=O)[C@@H](NC(=O)C1CCCCN1C(C)C)C(C)C)C(=O)NCc1cccc(Cl)c1.